The summed E-state index contributed by atoms with van der Waals surface area (Å²) in [6.45, 7) is 6.60. The highest BCUT2D eigenvalue weighted by Crippen LogP contribution is 2.06. The number of hydrogen-bond donors (Lipinski definition) is 1. The highest BCUT2D eigenvalue weighted by atomic mass is 16.5. The van der Waals surface area contributed by atoms with Gasteiger partial charge in [0.2, 0.25) is 0 Å². The average molecular weight is 361 g/mol. The van der Waals surface area contributed by atoms with Gasteiger partial charge < -0.3 is 9.64 Å². The Bertz CT molecular complexity index is 918. The molecule has 1 aromatic heterocycles. The number of aromatic amines is 1. The second kappa shape index (κ2) is 7.99. The van der Waals surface area contributed by atoms with Crippen LogP contribution >= 0.6 is 0 Å². The minimum atomic E-state index is -0.779. The first-order valence-electron chi connectivity index (χ1n) is 8.41. The Hall–Kier alpha value is -2.90. The third-order valence-electron chi connectivity index (χ3n) is 3.93. The van der Waals surface area contributed by atoms with Gasteiger partial charge in [-0.3, -0.25) is 24.3 Å². The summed E-state index contributed by atoms with van der Waals surface area (Å²) in [5, 5.41) is 2.81. The molecule has 140 valence electrons. The summed E-state index contributed by atoms with van der Waals surface area (Å²) in [5.74, 6) is -1.10. The zero-order valence-corrected chi connectivity index (χ0v) is 15.3. The highest BCUT2D eigenvalue weighted by Gasteiger charge is 2.21. The van der Waals surface area contributed by atoms with E-state index in [2.05, 4.69) is 5.10 Å². The van der Waals surface area contributed by atoms with Gasteiger partial charge in [0.15, 0.2) is 6.61 Å². The molecule has 0 aliphatic carbocycles. The van der Waals surface area contributed by atoms with Crippen LogP contribution in [0.4, 0.5) is 0 Å². The van der Waals surface area contributed by atoms with Crippen LogP contribution in [0.3, 0.4) is 0 Å². The first-order chi connectivity index (χ1) is 12.2. The summed E-state index contributed by atoms with van der Waals surface area (Å²) < 4.78 is 5.87. The van der Waals surface area contributed by atoms with Crippen molar-refractivity contribution in [3.05, 3.63) is 45.0 Å². The fraction of sp³-hybridized carbons (Fsp3) is 0.444. The third-order valence-corrected chi connectivity index (χ3v) is 3.93. The number of aromatic nitrogens is 2. The van der Waals surface area contributed by atoms with Crippen molar-refractivity contribution >= 4 is 22.6 Å². The van der Waals surface area contributed by atoms with Crippen molar-refractivity contribution in [3.63, 3.8) is 0 Å². The molecule has 26 heavy (non-hydrogen) atoms. The monoisotopic (exact) mass is 361 g/mol. The largest absolute Gasteiger partial charge is 0.454 e. The number of rotatable bonds is 6. The molecule has 0 spiro atoms. The number of esters is 1. The highest BCUT2D eigenvalue weighted by molar-refractivity contribution is 5.82. The molecule has 8 heteroatoms. The number of ether oxygens (including phenoxy) is 1. The van der Waals surface area contributed by atoms with Crippen LogP contribution in [0.5, 0.6) is 0 Å². The third kappa shape index (κ3) is 4.19. The molecule has 0 unspecified atom stereocenters. The van der Waals surface area contributed by atoms with E-state index in [0.29, 0.717) is 0 Å². The maximum atomic E-state index is 12.4. The Kier molecular flexibility index (Phi) is 5.97. The number of nitrogens with zero attached hydrogens (tertiary/aromatic N) is 2. The molecular formula is C18H23N3O5. The van der Waals surface area contributed by atoms with E-state index in [-0.39, 0.29) is 28.8 Å². The molecule has 0 bridgehead atoms. The molecule has 2 aromatic rings. The van der Waals surface area contributed by atoms with E-state index in [1.807, 2.05) is 27.7 Å². The van der Waals surface area contributed by atoms with E-state index in [4.69, 9.17) is 4.74 Å². The van der Waals surface area contributed by atoms with Crippen molar-refractivity contribution < 1.29 is 14.3 Å². The van der Waals surface area contributed by atoms with Crippen LogP contribution in [0.25, 0.3) is 10.8 Å². The topological polar surface area (TPSA) is 101 Å². The van der Waals surface area contributed by atoms with Crippen LogP contribution in [0, 0.1) is 0 Å². The van der Waals surface area contributed by atoms with E-state index in [1.165, 1.54) is 12.1 Å². The first-order valence-corrected chi connectivity index (χ1v) is 8.41. The first kappa shape index (κ1) is 19.4. The molecule has 2 rings (SSSR count). The van der Waals surface area contributed by atoms with E-state index in [9.17, 15) is 19.2 Å². The predicted molar refractivity (Wildman–Crippen MR) is 96.9 cm³/mol. The lowest BCUT2D eigenvalue weighted by Gasteiger charge is -2.30. The standard InChI is InChI=1S/C18H23N3O5/c1-11(2)21(12(3)4)15(22)10-26-16(23)9-20-18(25)14-8-6-5-7-13(14)17(24)19-20/h5-8,11-12H,9-10H2,1-4H3,(H,19,24). The van der Waals surface area contributed by atoms with Crippen molar-refractivity contribution in [2.75, 3.05) is 6.61 Å². The van der Waals surface area contributed by atoms with Crippen molar-refractivity contribution in [1.29, 1.82) is 0 Å². The Balaban J connectivity index is 2.10. The molecule has 0 fully saturated rings. The lowest BCUT2D eigenvalue weighted by Crippen LogP contribution is -2.44. The van der Waals surface area contributed by atoms with Gasteiger partial charge in [0.1, 0.15) is 6.54 Å². The van der Waals surface area contributed by atoms with Crippen molar-refractivity contribution in [2.24, 2.45) is 0 Å². The Labute approximate surface area is 150 Å². The Morgan fingerprint density at radius 3 is 2.23 bits per heavy atom. The van der Waals surface area contributed by atoms with Gasteiger partial charge in [0.25, 0.3) is 17.0 Å². The van der Waals surface area contributed by atoms with Gasteiger partial charge in [-0.25, -0.2) is 4.68 Å². The van der Waals surface area contributed by atoms with Crippen LogP contribution in [-0.2, 0) is 20.9 Å². The minimum Gasteiger partial charge on any atom is -0.454 e. The normalized spacial score (nSPS) is 11.2. The quantitative estimate of drug-likeness (QED) is 0.770. The molecule has 1 amide bonds. The summed E-state index contributed by atoms with van der Waals surface area (Å²) >= 11 is 0. The number of amides is 1. The summed E-state index contributed by atoms with van der Waals surface area (Å²) in [6, 6.07) is 6.28. The van der Waals surface area contributed by atoms with Crippen LogP contribution in [-0.4, -0.2) is 45.2 Å². The van der Waals surface area contributed by atoms with Gasteiger partial charge in [-0.15, -0.1) is 0 Å². The summed E-state index contributed by atoms with van der Waals surface area (Å²) in [5.41, 5.74) is -0.982. The van der Waals surface area contributed by atoms with E-state index in [1.54, 1.807) is 17.0 Å². The molecule has 0 saturated carbocycles. The maximum absolute atomic E-state index is 12.4. The van der Waals surface area contributed by atoms with Gasteiger partial charge in [-0.2, -0.15) is 0 Å². The Morgan fingerprint density at radius 2 is 1.65 bits per heavy atom. The summed E-state index contributed by atoms with van der Waals surface area (Å²) in [4.78, 5) is 50.2. The molecule has 1 aromatic carbocycles. The molecule has 0 aliphatic rings. The van der Waals surface area contributed by atoms with Crippen molar-refractivity contribution in [2.45, 2.75) is 46.3 Å². The fourth-order valence-electron chi connectivity index (χ4n) is 2.92. The zero-order chi connectivity index (χ0) is 19.4. The van der Waals surface area contributed by atoms with E-state index < -0.39 is 30.2 Å². The van der Waals surface area contributed by atoms with Gasteiger partial charge in [-0.1, -0.05) is 12.1 Å². The molecule has 0 aliphatic heterocycles. The van der Waals surface area contributed by atoms with Gasteiger partial charge >= 0.3 is 5.97 Å². The second-order valence-electron chi connectivity index (χ2n) is 6.53. The van der Waals surface area contributed by atoms with Gasteiger partial charge in [0.05, 0.1) is 10.8 Å². The smallest absolute Gasteiger partial charge is 0.328 e. The zero-order valence-electron chi connectivity index (χ0n) is 15.3. The van der Waals surface area contributed by atoms with Crippen LogP contribution in [0.15, 0.2) is 33.9 Å². The van der Waals surface area contributed by atoms with Crippen molar-refractivity contribution in [3.8, 4) is 0 Å². The number of carbonyl (C=O) groups excluding carboxylic acids is 2. The van der Waals surface area contributed by atoms with Gasteiger partial charge in [-0.05, 0) is 39.8 Å². The number of H-pyrrole nitrogens is 1. The molecule has 1 heterocycles. The SMILES string of the molecule is CC(C)N(C(=O)COC(=O)Cn1[nH]c(=O)c2ccccc2c1=O)C(C)C. The number of hydrogen-bond acceptors (Lipinski definition) is 5. The van der Waals surface area contributed by atoms with Crippen LogP contribution < -0.4 is 11.1 Å². The fourth-order valence-corrected chi connectivity index (χ4v) is 2.92. The maximum Gasteiger partial charge on any atom is 0.328 e. The van der Waals surface area contributed by atoms with Crippen LogP contribution in [0.1, 0.15) is 27.7 Å². The van der Waals surface area contributed by atoms with Crippen molar-refractivity contribution in [1.82, 2.24) is 14.7 Å². The van der Waals surface area contributed by atoms with E-state index in [0.717, 1.165) is 4.68 Å². The summed E-state index contributed by atoms with van der Waals surface area (Å²) in [7, 11) is 0. The number of nitrogens with one attached hydrogen (secondary N) is 1. The molecular weight excluding hydrogens is 338 g/mol. The molecule has 1 N–H and O–H groups in total. The second-order valence-corrected chi connectivity index (χ2v) is 6.53. The average Bonchev–Trinajstić information content (AvgIpc) is 2.57. The summed E-state index contributed by atoms with van der Waals surface area (Å²) in [6.07, 6.45) is 0. The van der Waals surface area contributed by atoms with E-state index >= 15 is 0 Å². The minimum absolute atomic E-state index is 0.0272. The lowest BCUT2D eigenvalue weighted by molar-refractivity contribution is -0.154. The number of fused-ring (bicyclic) bond motifs is 1. The van der Waals surface area contributed by atoms with Gasteiger partial charge in [0, 0.05) is 12.1 Å². The Morgan fingerprint density at radius 1 is 1.08 bits per heavy atom. The number of benzene rings is 1. The molecule has 0 radical (unpaired) electrons. The molecule has 8 nitrogen and oxygen atoms in total. The predicted octanol–water partition coefficient (Wildman–Crippen LogP) is 0.878. The molecule has 0 saturated heterocycles. The van der Waals surface area contributed by atoms with Crippen LogP contribution in [0.2, 0.25) is 0 Å². The number of carbonyl (C=O) groups is 2. The molecule has 0 atom stereocenters. The lowest BCUT2D eigenvalue weighted by atomic mass is 10.2.